The second-order valence-corrected chi connectivity index (χ2v) is 7.85. The molecule has 1 fully saturated rings. The fourth-order valence-corrected chi connectivity index (χ4v) is 4.96. The topological polar surface area (TPSA) is 83.9 Å². The summed E-state index contributed by atoms with van der Waals surface area (Å²) < 4.78 is 31.4. The van der Waals surface area contributed by atoms with Gasteiger partial charge < -0.3 is 9.84 Å². The van der Waals surface area contributed by atoms with Gasteiger partial charge in [0.1, 0.15) is 11.3 Å². The minimum Gasteiger partial charge on any atom is -0.496 e. The van der Waals surface area contributed by atoms with Crippen LogP contribution in [0.5, 0.6) is 5.75 Å². The standard InChI is InChI=1S/C13H17NO5S2/c1-14(9-5-6-20-8-9)21(17,18)10-3-4-12(19-2)11(7-10)13(15)16/h3-4,7,9H,5-6,8H2,1-2H3,(H,15,16). The molecule has 0 spiro atoms. The molecular weight excluding hydrogens is 314 g/mol. The Morgan fingerprint density at radius 2 is 2.19 bits per heavy atom. The molecule has 0 saturated carbocycles. The highest BCUT2D eigenvalue weighted by Crippen LogP contribution is 2.28. The maximum absolute atomic E-state index is 12.6. The number of hydrogen-bond acceptors (Lipinski definition) is 5. The number of sulfonamides is 1. The molecule has 0 amide bonds. The maximum atomic E-state index is 12.6. The SMILES string of the molecule is COc1ccc(S(=O)(=O)N(C)C2CCSC2)cc1C(=O)O. The third-order valence-corrected chi connectivity index (χ3v) is 6.55. The van der Waals surface area contributed by atoms with Gasteiger partial charge in [-0.1, -0.05) is 0 Å². The van der Waals surface area contributed by atoms with Crippen molar-refractivity contribution >= 4 is 27.8 Å². The monoisotopic (exact) mass is 331 g/mol. The van der Waals surface area contributed by atoms with Crippen LogP contribution in [-0.4, -0.2) is 55.5 Å². The van der Waals surface area contributed by atoms with Crippen LogP contribution in [0.1, 0.15) is 16.8 Å². The molecule has 1 N–H and O–H groups in total. The molecule has 0 bridgehead atoms. The lowest BCUT2D eigenvalue weighted by Gasteiger charge is -2.23. The van der Waals surface area contributed by atoms with E-state index in [4.69, 9.17) is 9.84 Å². The zero-order valence-corrected chi connectivity index (χ0v) is 13.4. The molecule has 6 nitrogen and oxygen atoms in total. The zero-order valence-electron chi connectivity index (χ0n) is 11.8. The van der Waals surface area contributed by atoms with Crippen molar-refractivity contribution < 1.29 is 23.1 Å². The molecule has 1 aliphatic heterocycles. The maximum Gasteiger partial charge on any atom is 0.339 e. The Hall–Kier alpha value is -1.25. The summed E-state index contributed by atoms with van der Waals surface area (Å²) in [6.07, 6.45) is 0.808. The minimum absolute atomic E-state index is 0.0277. The lowest BCUT2D eigenvalue weighted by molar-refractivity contribution is 0.0693. The van der Waals surface area contributed by atoms with E-state index in [1.54, 1.807) is 11.8 Å². The second kappa shape index (κ2) is 6.25. The van der Waals surface area contributed by atoms with Gasteiger partial charge >= 0.3 is 5.97 Å². The molecule has 1 heterocycles. The van der Waals surface area contributed by atoms with Crippen molar-refractivity contribution in [1.82, 2.24) is 4.31 Å². The molecule has 1 atom stereocenters. The molecule has 116 valence electrons. The van der Waals surface area contributed by atoms with E-state index in [9.17, 15) is 13.2 Å². The summed E-state index contributed by atoms with van der Waals surface area (Å²) in [6, 6.07) is 3.84. The van der Waals surface area contributed by atoms with Crippen LogP contribution in [0, 0.1) is 0 Å². The van der Waals surface area contributed by atoms with E-state index < -0.39 is 16.0 Å². The summed E-state index contributed by atoms with van der Waals surface area (Å²) in [6.45, 7) is 0. The molecule has 1 aromatic rings. The zero-order chi connectivity index (χ0) is 15.6. The molecule has 2 rings (SSSR count). The predicted octanol–water partition coefficient (Wildman–Crippen LogP) is 1.52. The number of carboxylic acid groups (broad SMARTS) is 1. The van der Waals surface area contributed by atoms with E-state index in [0.29, 0.717) is 0 Å². The Morgan fingerprint density at radius 1 is 1.48 bits per heavy atom. The van der Waals surface area contributed by atoms with Gasteiger partial charge in [0, 0.05) is 18.8 Å². The molecule has 0 aliphatic carbocycles. The number of thioether (sulfide) groups is 1. The first-order valence-corrected chi connectivity index (χ1v) is 8.94. The Labute approximate surface area is 128 Å². The van der Waals surface area contributed by atoms with Gasteiger partial charge in [-0.25, -0.2) is 13.2 Å². The van der Waals surface area contributed by atoms with E-state index in [2.05, 4.69) is 0 Å². The highest BCUT2D eigenvalue weighted by molar-refractivity contribution is 7.99. The molecule has 1 saturated heterocycles. The molecule has 1 aromatic carbocycles. The van der Waals surface area contributed by atoms with E-state index >= 15 is 0 Å². The van der Waals surface area contributed by atoms with Crippen LogP contribution in [0.2, 0.25) is 0 Å². The summed E-state index contributed by atoms with van der Waals surface area (Å²) in [5, 5.41) is 9.15. The molecule has 0 aromatic heterocycles. The lowest BCUT2D eigenvalue weighted by Crippen LogP contribution is -2.37. The summed E-state index contributed by atoms with van der Waals surface area (Å²) in [7, 11) is -0.819. The largest absolute Gasteiger partial charge is 0.496 e. The number of aromatic carboxylic acids is 1. The van der Waals surface area contributed by atoms with Crippen LogP contribution < -0.4 is 4.74 Å². The average Bonchev–Trinajstić information content (AvgIpc) is 2.99. The number of nitrogens with zero attached hydrogens (tertiary/aromatic N) is 1. The van der Waals surface area contributed by atoms with Crippen molar-refractivity contribution in [3.05, 3.63) is 23.8 Å². The average molecular weight is 331 g/mol. The van der Waals surface area contributed by atoms with E-state index in [-0.39, 0.29) is 22.3 Å². The summed E-state index contributed by atoms with van der Waals surface area (Å²) in [5.41, 5.74) is -0.159. The van der Waals surface area contributed by atoms with Crippen LogP contribution in [0.15, 0.2) is 23.1 Å². The molecule has 1 aliphatic rings. The molecule has 1 unspecified atom stereocenters. The van der Waals surface area contributed by atoms with E-state index in [1.165, 1.54) is 30.6 Å². The summed E-state index contributed by atoms with van der Waals surface area (Å²) >= 11 is 1.72. The van der Waals surface area contributed by atoms with Crippen LogP contribution in [0.25, 0.3) is 0 Å². The first kappa shape index (κ1) is 16.1. The Morgan fingerprint density at radius 3 is 2.71 bits per heavy atom. The highest BCUT2D eigenvalue weighted by atomic mass is 32.2. The van der Waals surface area contributed by atoms with E-state index in [1.807, 2.05) is 0 Å². The molecule has 8 heteroatoms. The number of benzene rings is 1. The third-order valence-electron chi connectivity index (χ3n) is 3.50. The first-order chi connectivity index (χ1) is 9.87. The van der Waals surface area contributed by atoms with Gasteiger partial charge in [0.2, 0.25) is 10.0 Å². The smallest absolute Gasteiger partial charge is 0.339 e. The van der Waals surface area contributed by atoms with Crippen molar-refractivity contribution in [1.29, 1.82) is 0 Å². The Balaban J connectivity index is 2.40. The van der Waals surface area contributed by atoms with Crippen LogP contribution in [0.3, 0.4) is 0 Å². The summed E-state index contributed by atoms with van der Waals surface area (Å²) in [5.74, 6) is 0.619. The van der Waals surface area contributed by atoms with Crippen molar-refractivity contribution in [3.63, 3.8) is 0 Å². The minimum atomic E-state index is -3.70. The van der Waals surface area contributed by atoms with Gasteiger partial charge in [-0.2, -0.15) is 16.1 Å². The molecule has 21 heavy (non-hydrogen) atoms. The molecular formula is C13H17NO5S2. The fraction of sp³-hybridized carbons (Fsp3) is 0.462. The van der Waals surface area contributed by atoms with Crippen LogP contribution >= 0.6 is 11.8 Å². The van der Waals surface area contributed by atoms with Gasteiger partial charge in [-0.3, -0.25) is 0 Å². The number of carboxylic acids is 1. The second-order valence-electron chi connectivity index (χ2n) is 4.71. The first-order valence-electron chi connectivity index (χ1n) is 6.35. The van der Waals surface area contributed by atoms with Crippen LogP contribution in [0.4, 0.5) is 0 Å². The molecule has 0 radical (unpaired) electrons. The van der Waals surface area contributed by atoms with Gasteiger partial charge in [-0.15, -0.1) is 0 Å². The Bertz CT molecular complexity index is 638. The van der Waals surface area contributed by atoms with Gasteiger partial charge in [0.15, 0.2) is 0 Å². The van der Waals surface area contributed by atoms with Gasteiger partial charge in [0.05, 0.1) is 12.0 Å². The number of hydrogen-bond donors (Lipinski definition) is 1. The number of ether oxygens (including phenoxy) is 1. The van der Waals surface area contributed by atoms with Crippen molar-refractivity contribution in [2.45, 2.75) is 17.4 Å². The number of carbonyl (C=O) groups is 1. The fourth-order valence-electron chi connectivity index (χ4n) is 2.19. The highest BCUT2D eigenvalue weighted by Gasteiger charge is 2.31. The normalized spacial score (nSPS) is 18.9. The van der Waals surface area contributed by atoms with Gasteiger partial charge in [0.25, 0.3) is 0 Å². The third kappa shape index (κ3) is 3.17. The number of methoxy groups -OCH3 is 1. The summed E-state index contributed by atoms with van der Waals surface area (Å²) in [4.78, 5) is 11.2. The predicted molar refractivity (Wildman–Crippen MR) is 80.6 cm³/mol. The Kier molecular flexibility index (Phi) is 4.80. The van der Waals surface area contributed by atoms with Crippen LogP contribution in [-0.2, 0) is 10.0 Å². The van der Waals surface area contributed by atoms with Crippen molar-refractivity contribution in [3.8, 4) is 5.75 Å². The lowest BCUT2D eigenvalue weighted by atomic mass is 10.2. The van der Waals surface area contributed by atoms with Crippen molar-refractivity contribution in [2.75, 3.05) is 25.7 Å². The van der Waals surface area contributed by atoms with Crippen molar-refractivity contribution in [2.24, 2.45) is 0 Å². The van der Waals surface area contributed by atoms with Gasteiger partial charge in [-0.05, 0) is 30.4 Å². The van der Waals surface area contributed by atoms with E-state index in [0.717, 1.165) is 24.0 Å². The quantitative estimate of drug-likeness (QED) is 0.881. The number of rotatable bonds is 5.